The minimum atomic E-state index is -0.334. The lowest BCUT2D eigenvalue weighted by Crippen LogP contribution is -2.20. The number of unbranched alkanes of at least 4 members (excludes halogenated alkanes) is 1. The molecule has 116 valence electrons. The quantitative estimate of drug-likeness (QED) is 0.757. The molecular weight excluding hydrogens is 302 g/mol. The zero-order valence-electron chi connectivity index (χ0n) is 12.2. The summed E-state index contributed by atoms with van der Waals surface area (Å²) in [5.41, 5.74) is 0.410. The van der Waals surface area contributed by atoms with Gasteiger partial charge in [0, 0.05) is 6.42 Å². The van der Waals surface area contributed by atoms with Crippen LogP contribution in [0.5, 0.6) is 5.75 Å². The highest BCUT2D eigenvalue weighted by molar-refractivity contribution is 7.15. The standard InChI is InChI=1S/C15H17N3O3S/c1-2-3-8-14-17-18-15(22-14)16-13(20)10-21-12-7-5-4-6-11(12)9-19/h4-7,9H,2-3,8,10H2,1H3,(H,16,18,20). The van der Waals surface area contributed by atoms with E-state index in [1.165, 1.54) is 11.3 Å². The van der Waals surface area contributed by atoms with E-state index in [1.54, 1.807) is 24.3 Å². The van der Waals surface area contributed by atoms with E-state index in [-0.39, 0.29) is 12.5 Å². The second kappa shape index (κ2) is 8.23. The van der Waals surface area contributed by atoms with Crippen LogP contribution < -0.4 is 10.1 Å². The number of rotatable bonds is 8. The van der Waals surface area contributed by atoms with Crippen LogP contribution in [0.15, 0.2) is 24.3 Å². The molecule has 0 unspecified atom stereocenters. The molecule has 0 bridgehead atoms. The number of aldehydes is 1. The molecule has 0 aliphatic rings. The summed E-state index contributed by atoms with van der Waals surface area (Å²) in [6.07, 6.45) is 3.70. The van der Waals surface area contributed by atoms with Crippen molar-refractivity contribution in [1.82, 2.24) is 10.2 Å². The fourth-order valence-corrected chi connectivity index (χ4v) is 2.54. The van der Waals surface area contributed by atoms with E-state index in [0.29, 0.717) is 22.7 Å². The van der Waals surface area contributed by atoms with Crippen LogP contribution in [-0.4, -0.2) is 29.0 Å². The third-order valence-electron chi connectivity index (χ3n) is 2.86. The van der Waals surface area contributed by atoms with Crippen molar-refractivity contribution in [3.8, 4) is 5.75 Å². The van der Waals surface area contributed by atoms with Gasteiger partial charge >= 0.3 is 0 Å². The number of carbonyl (C=O) groups is 2. The molecule has 22 heavy (non-hydrogen) atoms. The molecule has 1 N–H and O–H groups in total. The molecule has 0 aliphatic carbocycles. The molecule has 0 aliphatic heterocycles. The predicted molar refractivity (Wildman–Crippen MR) is 84.5 cm³/mol. The third-order valence-corrected chi connectivity index (χ3v) is 3.76. The minimum absolute atomic E-state index is 0.186. The van der Waals surface area contributed by atoms with Gasteiger partial charge in [-0.15, -0.1) is 10.2 Å². The van der Waals surface area contributed by atoms with Gasteiger partial charge in [-0.3, -0.25) is 14.9 Å². The fourth-order valence-electron chi connectivity index (χ4n) is 1.74. The van der Waals surface area contributed by atoms with Gasteiger partial charge in [-0.1, -0.05) is 36.8 Å². The number of nitrogens with zero attached hydrogens (tertiary/aromatic N) is 2. The molecule has 1 heterocycles. The zero-order valence-corrected chi connectivity index (χ0v) is 13.1. The highest BCUT2D eigenvalue weighted by Crippen LogP contribution is 2.18. The van der Waals surface area contributed by atoms with Gasteiger partial charge in [0.15, 0.2) is 12.9 Å². The van der Waals surface area contributed by atoms with Crippen LogP contribution in [0.25, 0.3) is 0 Å². The van der Waals surface area contributed by atoms with E-state index in [9.17, 15) is 9.59 Å². The Bertz CT molecular complexity index is 642. The van der Waals surface area contributed by atoms with E-state index in [0.717, 1.165) is 24.3 Å². The highest BCUT2D eigenvalue weighted by Gasteiger charge is 2.10. The van der Waals surface area contributed by atoms with E-state index in [2.05, 4.69) is 22.4 Å². The average molecular weight is 319 g/mol. The maximum atomic E-state index is 11.8. The lowest BCUT2D eigenvalue weighted by Gasteiger charge is -2.07. The van der Waals surface area contributed by atoms with Crippen molar-refractivity contribution in [3.05, 3.63) is 34.8 Å². The van der Waals surface area contributed by atoms with Crippen molar-refractivity contribution in [2.24, 2.45) is 0 Å². The molecule has 0 saturated carbocycles. The SMILES string of the molecule is CCCCc1nnc(NC(=O)COc2ccccc2C=O)s1. The van der Waals surface area contributed by atoms with Gasteiger partial charge in [-0.05, 0) is 18.6 Å². The summed E-state index contributed by atoms with van der Waals surface area (Å²) >= 11 is 1.36. The first-order valence-corrected chi connectivity index (χ1v) is 7.83. The van der Waals surface area contributed by atoms with Gasteiger partial charge in [0.2, 0.25) is 5.13 Å². The predicted octanol–water partition coefficient (Wildman–Crippen LogP) is 2.71. The number of para-hydroxylation sites is 1. The van der Waals surface area contributed by atoms with Crippen molar-refractivity contribution in [3.63, 3.8) is 0 Å². The molecule has 6 nitrogen and oxygen atoms in total. The molecule has 0 radical (unpaired) electrons. The van der Waals surface area contributed by atoms with Crippen molar-refractivity contribution in [2.75, 3.05) is 11.9 Å². The zero-order chi connectivity index (χ0) is 15.8. The molecule has 0 fully saturated rings. The Kier molecular flexibility index (Phi) is 6.02. The Hall–Kier alpha value is -2.28. The van der Waals surface area contributed by atoms with E-state index in [4.69, 9.17) is 4.74 Å². The largest absolute Gasteiger partial charge is 0.483 e. The topological polar surface area (TPSA) is 81.2 Å². The fraction of sp³-hybridized carbons (Fsp3) is 0.333. The molecule has 2 rings (SSSR count). The molecule has 0 saturated heterocycles. The maximum absolute atomic E-state index is 11.8. The molecule has 1 amide bonds. The lowest BCUT2D eigenvalue weighted by atomic mass is 10.2. The van der Waals surface area contributed by atoms with Crippen LogP contribution in [-0.2, 0) is 11.2 Å². The van der Waals surface area contributed by atoms with E-state index in [1.807, 2.05) is 0 Å². The Morgan fingerprint density at radius 3 is 2.95 bits per heavy atom. The van der Waals surface area contributed by atoms with Crippen molar-refractivity contribution >= 4 is 28.7 Å². The minimum Gasteiger partial charge on any atom is -0.483 e. The summed E-state index contributed by atoms with van der Waals surface area (Å²) in [5.74, 6) is 0.0486. The molecule has 1 aromatic carbocycles. The van der Waals surface area contributed by atoms with Crippen molar-refractivity contribution < 1.29 is 14.3 Å². The summed E-state index contributed by atoms with van der Waals surface area (Å²) in [6.45, 7) is 1.92. The first kappa shape index (κ1) is 16.1. The number of benzene rings is 1. The number of amides is 1. The Labute approximate surface area is 132 Å². The highest BCUT2D eigenvalue weighted by atomic mass is 32.1. The smallest absolute Gasteiger partial charge is 0.264 e. The third kappa shape index (κ3) is 4.63. The number of aromatic nitrogens is 2. The number of anilines is 1. The molecule has 0 atom stereocenters. The molecular formula is C15H17N3O3S. The first-order chi connectivity index (χ1) is 10.7. The lowest BCUT2D eigenvalue weighted by molar-refractivity contribution is -0.118. The molecule has 1 aromatic heterocycles. The van der Waals surface area contributed by atoms with Gasteiger partial charge in [0.25, 0.3) is 5.91 Å². The second-order valence-electron chi connectivity index (χ2n) is 4.60. The van der Waals surface area contributed by atoms with Crippen LogP contribution in [0.3, 0.4) is 0 Å². The summed E-state index contributed by atoms with van der Waals surface area (Å²) in [4.78, 5) is 22.7. The summed E-state index contributed by atoms with van der Waals surface area (Å²) < 4.78 is 5.35. The number of aryl methyl sites for hydroxylation is 1. The van der Waals surface area contributed by atoms with Crippen LogP contribution >= 0.6 is 11.3 Å². The summed E-state index contributed by atoms with van der Waals surface area (Å²) in [7, 11) is 0. The van der Waals surface area contributed by atoms with Crippen LogP contribution in [0.2, 0.25) is 0 Å². The summed E-state index contributed by atoms with van der Waals surface area (Å²) in [6, 6.07) is 6.75. The molecule has 7 heteroatoms. The van der Waals surface area contributed by atoms with E-state index < -0.39 is 0 Å². The number of carbonyl (C=O) groups excluding carboxylic acids is 2. The normalized spacial score (nSPS) is 10.2. The van der Waals surface area contributed by atoms with Gasteiger partial charge in [0.05, 0.1) is 5.56 Å². The van der Waals surface area contributed by atoms with Crippen LogP contribution in [0.4, 0.5) is 5.13 Å². The van der Waals surface area contributed by atoms with Crippen LogP contribution in [0, 0.1) is 0 Å². The second-order valence-corrected chi connectivity index (χ2v) is 5.66. The number of hydrogen-bond donors (Lipinski definition) is 1. The van der Waals surface area contributed by atoms with E-state index >= 15 is 0 Å². The first-order valence-electron chi connectivity index (χ1n) is 7.02. The van der Waals surface area contributed by atoms with Crippen molar-refractivity contribution in [1.29, 1.82) is 0 Å². The number of hydrogen-bond acceptors (Lipinski definition) is 6. The Balaban J connectivity index is 1.85. The Morgan fingerprint density at radius 2 is 2.18 bits per heavy atom. The maximum Gasteiger partial charge on any atom is 0.264 e. The average Bonchev–Trinajstić information content (AvgIpc) is 2.98. The van der Waals surface area contributed by atoms with Gasteiger partial charge < -0.3 is 4.74 Å². The van der Waals surface area contributed by atoms with Gasteiger partial charge in [-0.25, -0.2) is 0 Å². The number of ether oxygens (including phenoxy) is 1. The Morgan fingerprint density at radius 1 is 1.36 bits per heavy atom. The monoisotopic (exact) mass is 319 g/mol. The number of nitrogens with one attached hydrogen (secondary N) is 1. The molecule has 0 spiro atoms. The molecule has 2 aromatic rings. The van der Waals surface area contributed by atoms with Gasteiger partial charge in [-0.2, -0.15) is 0 Å². The van der Waals surface area contributed by atoms with Crippen LogP contribution in [0.1, 0.15) is 35.1 Å². The van der Waals surface area contributed by atoms with Crippen molar-refractivity contribution in [2.45, 2.75) is 26.2 Å². The summed E-state index contributed by atoms with van der Waals surface area (Å²) in [5, 5.41) is 11.9. The van der Waals surface area contributed by atoms with Gasteiger partial charge in [0.1, 0.15) is 10.8 Å².